The minimum Gasteiger partial charge on any atom is -0.496 e. The molecule has 46 heavy (non-hydrogen) atoms. The van der Waals surface area contributed by atoms with Gasteiger partial charge in [0, 0.05) is 41.4 Å². The number of rotatable bonds is 16. The van der Waals surface area contributed by atoms with Crippen molar-refractivity contribution in [1.82, 2.24) is 15.3 Å². The molecule has 1 unspecified atom stereocenters. The van der Waals surface area contributed by atoms with E-state index in [1.807, 2.05) is 49.4 Å². The van der Waals surface area contributed by atoms with E-state index in [-0.39, 0.29) is 23.9 Å². The largest absolute Gasteiger partial charge is 0.496 e. The van der Waals surface area contributed by atoms with Gasteiger partial charge in [-0.15, -0.1) is 0 Å². The lowest BCUT2D eigenvalue weighted by atomic mass is 9.85. The molecule has 244 valence electrons. The van der Waals surface area contributed by atoms with E-state index in [2.05, 4.69) is 36.5 Å². The Bertz CT molecular complexity index is 1800. The Morgan fingerprint density at radius 3 is 2.67 bits per heavy atom. The van der Waals surface area contributed by atoms with Gasteiger partial charge >= 0.3 is 0 Å². The van der Waals surface area contributed by atoms with Gasteiger partial charge in [0.25, 0.3) is 0 Å². The monoisotopic (exact) mass is 712 g/mol. The number of sulfone groups is 1. The minimum atomic E-state index is -3.02. The summed E-state index contributed by atoms with van der Waals surface area (Å²) in [6.45, 7) is 3.20. The van der Waals surface area contributed by atoms with Gasteiger partial charge in [-0.25, -0.2) is 22.8 Å². The second-order valence-corrected chi connectivity index (χ2v) is 14.3. The maximum atomic E-state index is 13.5. The SMILES string of the molecule is CCCS(=O)(=O)CCNCCCC1(c2cc3c(Nc4ccc(OCc5cccc(F)c5)c(Br)c4)ncnc3cc2OC)CC=CO1. The number of aromatic nitrogens is 2. The predicted octanol–water partition coefficient (Wildman–Crippen LogP) is 7.19. The Balaban J connectivity index is 1.32. The van der Waals surface area contributed by atoms with Gasteiger partial charge in [-0.2, -0.15) is 0 Å². The number of nitrogens with one attached hydrogen (secondary N) is 2. The lowest BCUT2D eigenvalue weighted by Crippen LogP contribution is -2.29. The van der Waals surface area contributed by atoms with Crippen molar-refractivity contribution in [2.24, 2.45) is 0 Å². The van der Waals surface area contributed by atoms with Crippen molar-refractivity contribution in [1.29, 1.82) is 0 Å². The normalized spacial score (nSPS) is 16.0. The highest BCUT2D eigenvalue weighted by molar-refractivity contribution is 9.10. The quantitative estimate of drug-likeness (QED) is 0.117. The fourth-order valence-corrected chi connectivity index (χ4v) is 7.30. The van der Waals surface area contributed by atoms with Crippen molar-refractivity contribution in [2.45, 2.75) is 44.8 Å². The summed E-state index contributed by atoms with van der Waals surface area (Å²) in [6.07, 6.45) is 8.00. The van der Waals surface area contributed by atoms with E-state index in [1.165, 1.54) is 18.5 Å². The smallest absolute Gasteiger partial charge is 0.151 e. The van der Waals surface area contributed by atoms with Gasteiger partial charge in [0.2, 0.25) is 0 Å². The first-order valence-electron chi connectivity index (χ1n) is 15.2. The fourth-order valence-electron chi connectivity index (χ4n) is 5.53. The van der Waals surface area contributed by atoms with Gasteiger partial charge in [0.1, 0.15) is 41.7 Å². The molecule has 0 radical (unpaired) electrons. The average Bonchev–Trinajstić information content (AvgIpc) is 3.52. The van der Waals surface area contributed by atoms with Gasteiger partial charge in [0.05, 0.1) is 29.1 Å². The first kappa shape index (κ1) is 33.6. The first-order chi connectivity index (χ1) is 22.2. The molecule has 5 rings (SSSR count). The maximum Gasteiger partial charge on any atom is 0.151 e. The highest BCUT2D eigenvalue weighted by Gasteiger charge is 2.38. The Morgan fingerprint density at radius 1 is 1.07 bits per heavy atom. The van der Waals surface area contributed by atoms with Crippen LogP contribution >= 0.6 is 15.9 Å². The zero-order chi connectivity index (χ0) is 32.6. The molecule has 4 aromatic rings. The highest BCUT2D eigenvalue weighted by atomic mass is 79.9. The van der Waals surface area contributed by atoms with Crippen LogP contribution in [0.1, 0.15) is 43.7 Å². The molecule has 1 aliphatic rings. The predicted molar refractivity (Wildman–Crippen MR) is 182 cm³/mol. The van der Waals surface area contributed by atoms with Crippen LogP contribution in [0.2, 0.25) is 0 Å². The standard InChI is InChI=1S/C34H38BrFN4O5S/c1-3-16-46(41,42)17-14-37-13-5-11-34(12-6-15-45-34)28-20-27-30(21-32(28)43-2)38-23-39-33(27)40-26-9-10-31(29(35)19-26)44-22-24-7-4-8-25(36)18-24/h4,6-10,15,18-21,23,37H,3,5,11-14,16-17,22H2,1-2H3,(H,38,39,40). The van der Waals surface area contributed by atoms with E-state index >= 15 is 0 Å². The molecule has 0 aliphatic carbocycles. The number of nitrogens with zero attached hydrogens (tertiary/aromatic N) is 2. The molecule has 1 atom stereocenters. The number of anilines is 2. The molecule has 1 aromatic heterocycles. The van der Waals surface area contributed by atoms with Gasteiger partial charge in [-0.3, -0.25) is 0 Å². The second-order valence-electron chi connectivity index (χ2n) is 11.2. The molecular formula is C34H38BrFN4O5S. The number of benzene rings is 3. The van der Waals surface area contributed by atoms with Crippen molar-refractivity contribution in [3.63, 3.8) is 0 Å². The zero-order valence-corrected chi connectivity index (χ0v) is 28.3. The molecule has 1 aliphatic heterocycles. The Kier molecular flexibility index (Phi) is 11.1. The van der Waals surface area contributed by atoms with Crippen molar-refractivity contribution < 1.29 is 27.0 Å². The summed E-state index contributed by atoms with van der Waals surface area (Å²) in [4.78, 5) is 9.05. The molecule has 0 fully saturated rings. The van der Waals surface area contributed by atoms with E-state index < -0.39 is 15.4 Å². The first-order valence-corrected chi connectivity index (χ1v) is 17.8. The summed E-state index contributed by atoms with van der Waals surface area (Å²) in [6, 6.07) is 15.9. The molecule has 0 saturated carbocycles. The van der Waals surface area contributed by atoms with E-state index in [1.54, 1.807) is 19.4 Å². The number of hydrogen-bond acceptors (Lipinski definition) is 9. The van der Waals surface area contributed by atoms with Gasteiger partial charge < -0.3 is 24.8 Å². The molecule has 9 nitrogen and oxygen atoms in total. The molecule has 0 bridgehead atoms. The van der Waals surface area contributed by atoms with Crippen molar-refractivity contribution in [3.8, 4) is 11.5 Å². The molecule has 2 heterocycles. The van der Waals surface area contributed by atoms with E-state index in [9.17, 15) is 12.8 Å². The number of methoxy groups -OCH3 is 1. The van der Waals surface area contributed by atoms with Crippen molar-refractivity contribution in [3.05, 3.63) is 94.7 Å². The van der Waals surface area contributed by atoms with Crippen molar-refractivity contribution >= 4 is 48.2 Å². The molecule has 0 saturated heterocycles. The zero-order valence-electron chi connectivity index (χ0n) is 25.9. The van der Waals surface area contributed by atoms with Gasteiger partial charge in [-0.05, 0) is 89.8 Å². The number of ether oxygens (including phenoxy) is 3. The van der Waals surface area contributed by atoms with Gasteiger partial charge in [-0.1, -0.05) is 19.1 Å². The van der Waals surface area contributed by atoms with Gasteiger partial charge in [0.15, 0.2) is 9.84 Å². The maximum absolute atomic E-state index is 13.5. The molecule has 0 spiro atoms. The fraction of sp³-hybridized carbons (Fsp3) is 0.353. The van der Waals surface area contributed by atoms with Crippen molar-refractivity contribution in [2.75, 3.05) is 37.0 Å². The molecule has 2 N–H and O–H groups in total. The summed E-state index contributed by atoms with van der Waals surface area (Å²) < 4.78 is 56.4. The van der Waals surface area contributed by atoms with Crippen LogP contribution in [0, 0.1) is 5.82 Å². The third-order valence-electron chi connectivity index (χ3n) is 7.80. The lowest BCUT2D eigenvalue weighted by molar-refractivity contribution is 0.0284. The third-order valence-corrected chi connectivity index (χ3v) is 10.3. The summed E-state index contributed by atoms with van der Waals surface area (Å²) in [5.74, 6) is 1.96. The number of hydrogen-bond donors (Lipinski definition) is 2. The topological polar surface area (TPSA) is 112 Å². The van der Waals surface area contributed by atoms with Crippen LogP contribution in [-0.4, -0.2) is 50.1 Å². The minimum absolute atomic E-state index is 0.138. The molecule has 3 aromatic carbocycles. The molecule has 12 heteroatoms. The average molecular weight is 714 g/mol. The van der Waals surface area contributed by atoms with Crippen LogP contribution in [0.3, 0.4) is 0 Å². The van der Waals surface area contributed by atoms with Crippen LogP contribution in [0.25, 0.3) is 10.9 Å². The summed E-state index contributed by atoms with van der Waals surface area (Å²) in [5, 5.41) is 7.48. The molecular weight excluding hydrogens is 675 g/mol. The Hall–Kier alpha value is -3.74. The van der Waals surface area contributed by atoms with Crippen LogP contribution < -0.4 is 20.1 Å². The molecule has 0 amide bonds. The van der Waals surface area contributed by atoms with Crippen LogP contribution in [0.5, 0.6) is 11.5 Å². The van der Waals surface area contributed by atoms with E-state index in [0.29, 0.717) is 55.2 Å². The van der Waals surface area contributed by atoms with E-state index in [0.717, 1.165) is 33.1 Å². The van der Waals surface area contributed by atoms with Crippen LogP contribution in [0.15, 0.2) is 77.7 Å². The number of halogens is 2. The summed E-state index contributed by atoms with van der Waals surface area (Å²) >= 11 is 3.59. The Labute approximate surface area is 277 Å². The Morgan fingerprint density at radius 2 is 1.93 bits per heavy atom. The van der Waals surface area contributed by atoms with E-state index in [4.69, 9.17) is 14.2 Å². The third kappa shape index (κ3) is 8.34. The lowest BCUT2D eigenvalue weighted by Gasteiger charge is -2.31. The summed E-state index contributed by atoms with van der Waals surface area (Å²) in [5.41, 5.74) is 2.47. The van der Waals surface area contributed by atoms with Crippen LogP contribution in [0.4, 0.5) is 15.9 Å². The second kappa shape index (κ2) is 15.2. The van der Waals surface area contributed by atoms with Crippen LogP contribution in [-0.2, 0) is 26.8 Å². The number of fused-ring (bicyclic) bond motifs is 1. The highest BCUT2D eigenvalue weighted by Crippen LogP contribution is 2.45. The summed E-state index contributed by atoms with van der Waals surface area (Å²) in [7, 11) is -1.38.